The second-order valence-electron chi connectivity index (χ2n) is 4.92. The summed E-state index contributed by atoms with van der Waals surface area (Å²) in [5, 5.41) is 12.9. The average molecular weight is 271 g/mol. The molecule has 2 heterocycles. The number of anilines is 1. The quantitative estimate of drug-likeness (QED) is 0.788. The van der Waals surface area contributed by atoms with Crippen LogP contribution < -0.4 is 10.6 Å². The van der Waals surface area contributed by atoms with E-state index in [1.807, 2.05) is 24.3 Å². The molecule has 1 fully saturated rings. The monoisotopic (exact) mass is 271 g/mol. The number of nitrogens with zero attached hydrogens (tertiary/aromatic N) is 2. The summed E-state index contributed by atoms with van der Waals surface area (Å²) in [6.45, 7) is 1.84. The van der Waals surface area contributed by atoms with Gasteiger partial charge in [0.1, 0.15) is 6.33 Å². The topological polar surface area (TPSA) is 82.7 Å². The van der Waals surface area contributed by atoms with Crippen molar-refractivity contribution < 1.29 is 4.79 Å². The number of amides is 1. The first-order chi connectivity index (χ1) is 9.83. The minimum atomic E-state index is 0.110. The van der Waals surface area contributed by atoms with Gasteiger partial charge in [0.15, 0.2) is 5.82 Å². The van der Waals surface area contributed by atoms with Crippen LogP contribution in [0.3, 0.4) is 0 Å². The molecule has 0 atom stereocenters. The molecule has 3 rings (SSSR count). The van der Waals surface area contributed by atoms with E-state index < -0.39 is 0 Å². The lowest BCUT2D eigenvalue weighted by molar-refractivity contribution is -0.120. The molecule has 0 bridgehead atoms. The highest BCUT2D eigenvalue weighted by molar-refractivity contribution is 5.92. The maximum Gasteiger partial charge on any atom is 0.227 e. The highest BCUT2D eigenvalue weighted by Crippen LogP contribution is 2.19. The molecule has 0 unspecified atom stereocenters. The van der Waals surface area contributed by atoms with Crippen LogP contribution in [0.5, 0.6) is 0 Å². The molecular weight excluding hydrogens is 254 g/mol. The largest absolute Gasteiger partial charge is 0.326 e. The van der Waals surface area contributed by atoms with Crippen molar-refractivity contribution in [1.82, 2.24) is 20.5 Å². The Kier molecular flexibility index (Phi) is 3.73. The van der Waals surface area contributed by atoms with Gasteiger partial charge in [-0.25, -0.2) is 4.98 Å². The maximum atomic E-state index is 12.1. The first-order valence-corrected chi connectivity index (χ1v) is 6.80. The molecule has 20 heavy (non-hydrogen) atoms. The Hall–Kier alpha value is -2.21. The van der Waals surface area contributed by atoms with Gasteiger partial charge < -0.3 is 10.6 Å². The first kappa shape index (κ1) is 12.8. The van der Waals surface area contributed by atoms with Gasteiger partial charge in [-0.15, -0.1) is 0 Å². The third kappa shape index (κ3) is 2.85. The number of carbonyl (C=O) groups excluding carboxylic acids is 1. The zero-order valence-corrected chi connectivity index (χ0v) is 11.1. The molecule has 0 spiro atoms. The van der Waals surface area contributed by atoms with Crippen molar-refractivity contribution in [3.8, 4) is 11.4 Å². The Morgan fingerprint density at radius 1 is 1.20 bits per heavy atom. The fourth-order valence-corrected chi connectivity index (χ4v) is 2.38. The Morgan fingerprint density at radius 2 is 1.95 bits per heavy atom. The average Bonchev–Trinajstić information content (AvgIpc) is 3.03. The molecule has 1 aliphatic heterocycles. The predicted octanol–water partition coefficient (Wildman–Crippen LogP) is 1.41. The summed E-state index contributed by atoms with van der Waals surface area (Å²) in [7, 11) is 0. The smallest absolute Gasteiger partial charge is 0.227 e. The normalized spacial score (nSPS) is 16.0. The fraction of sp³-hybridized carbons (Fsp3) is 0.357. The fourth-order valence-electron chi connectivity index (χ4n) is 2.38. The van der Waals surface area contributed by atoms with Gasteiger partial charge in [0.25, 0.3) is 0 Å². The molecule has 1 aromatic carbocycles. The van der Waals surface area contributed by atoms with E-state index in [9.17, 15) is 4.79 Å². The lowest BCUT2D eigenvalue weighted by Gasteiger charge is -2.21. The zero-order chi connectivity index (χ0) is 13.8. The van der Waals surface area contributed by atoms with Crippen LogP contribution in [0.15, 0.2) is 30.6 Å². The van der Waals surface area contributed by atoms with Crippen LogP contribution in [0.25, 0.3) is 11.4 Å². The van der Waals surface area contributed by atoms with Gasteiger partial charge in [0.05, 0.1) is 0 Å². The van der Waals surface area contributed by atoms with Gasteiger partial charge in [-0.2, -0.15) is 5.10 Å². The van der Waals surface area contributed by atoms with E-state index in [1.165, 1.54) is 6.33 Å². The lowest BCUT2D eigenvalue weighted by atomic mass is 9.97. The van der Waals surface area contributed by atoms with E-state index in [0.29, 0.717) is 0 Å². The molecule has 0 radical (unpaired) electrons. The summed E-state index contributed by atoms with van der Waals surface area (Å²) >= 11 is 0. The van der Waals surface area contributed by atoms with Crippen molar-refractivity contribution in [2.75, 3.05) is 18.4 Å². The van der Waals surface area contributed by atoms with Crippen LogP contribution in [-0.2, 0) is 4.79 Å². The van der Waals surface area contributed by atoms with Crippen molar-refractivity contribution in [3.05, 3.63) is 30.6 Å². The third-order valence-electron chi connectivity index (χ3n) is 3.55. The number of aromatic nitrogens is 3. The minimum absolute atomic E-state index is 0.110. The SMILES string of the molecule is O=C(Nc1ccc(-c2ncn[nH]2)cc1)C1CCNCC1. The van der Waals surface area contributed by atoms with E-state index in [0.717, 1.165) is 43.0 Å². The van der Waals surface area contributed by atoms with Crippen LogP contribution in [0.1, 0.15) is 12.8 Å². The van der Waals surface area contributed by atoms with Crippen molar-refractivity contribution in [1.29, 1.82) is 0 Å². The number of rotatable bonds is 3. The summed E-state index contributed by atoms with van der Waals surface area (Å²) in [4.78, 5) is 16.2. The summed E-state index contributed by atoms with van der Waals surface area (Å²) in [6.07, 6.45) is 3.28. The van der Waals surface area contributed by atoms with Crippen molar-refractivity contribution in [2.24, 2.45) is 5.92 Å². The molecule has 2 aromatic rings. The molecule has 1 aromatic heterocycles. The van der Waals surface area contributed by atoms with E-state index >= 15 is 0 Å². The second-order valence-corrected chi connectivity index (χ2v) is 4.92. The molecule has 0 aliphatic carbocycles. The molecule has 0 saturated carbocycles. The van der Waals surface area contributed by atoms with Crippen LogP contribution in [0.2, 0.25) is 0 Å². The zero-order valence-electron chi connectivity index (χ0n) is 11.1. The van der Waals surface area contributed by atoms with Gasteiger partial charge in [0.2, 0.25) is 5.91 Å². The minimum Gasteiger partial charge on any atom is -0.326 e. The Bertz CT molecular complexity index is 558. The van der Waals surface area contributed by atoms with E-state index in [2.05, 4.69) is 25.8 Å². The Balaban J connectivity index is 1.64. The molecular formula is C14H17N5O. The Labute approximate surface area is 117 Å². The van der Waals surface area contributed by atoms with Gasteiger partial charge in [-0.3, -0.25) is 9.89 Å². The number of piperidine rings is 1. The standard InChI is InChI=1S/C14H17N5O/c20-14(11-5-7-15-8-6-11)18-12-3-1-10(2-4-12)13-16-9-17-19-13/h1-4,9,11,15H,5-8H2,(H,18,20)(H,16,17,19). The van der Waals surface area contributed by atoms with Crippen LogP contribution in [0, 0.1) is 5.92 Å². The number of H-pyrrole nitrogens is 1. The van der Waals surface area contributed by atoms with Crippen molar-refractivity contribution in [2.45, 2.75) is 12.8 Å². The Morgan fingerprint density at radius 3 is 2.60 bits per heavy atom. The number of nitrogens with one attached hydrogen (secondary N) is 3. The van der Waals surface area contributed by atoms with Gasteiger partial charge in [0, 0.05) is 17.2 Å². The summed E-state index contributed by atoms with van der Waals surface area (Å²) < 4.78 is 0. The van der Waals surface area contributed by atoms with Crippen LogP contribution in [-0.4, -0.2) is 34.2 Å². The van der Waals surface area contributed by atoms with Gasteiger partial charge >= 0.3 is 0 Å². The molecule has 3 N–H and O–H groups in total. The molecule has 6 heteroatoms. The first-order valence-electron chi connectivity index (χ1n) is 6.80. The summed E-state index contributed by atoms with van der Waals surface area (Å²) in [5.41, 5.74) is 1.76. The summed E-state index contributed by atoms with van der Waals surface area (Å²) in [6, 6.07) is 7.60. The van der Waals surface area contributed by atoms with Gasteiger partial charge in [-0.1, -0.05) is 0 Å². The van der Waals surface area contributed by atoms with Crippen molar-refractivity contribution >= 4 is 11.6 Å². The number of hydrogen-bond donors (Lipinski definition) is 3. The number of carbonyl (C=O) groups is 1. The van der Waals surface area contributed by atoms with Crippen LogP contribution >= 0.6 is 0 Å². The number of benzene rings is 1. The van der Waals surface area contributed by atoms with E-state index in [-0.39, 0.29) is 11.8 Å². The lowest BCUT2D eigenvalue weighted by Crippen LogP contribution is -2.34. The van der Waals surface area contributed by atoms with E-state index in [1.54, 1.807) is 0 Å². The molecule has 1 amide bonds. The molecule has 6 nitrogen and oxygen atoms in total. The van der Waals surface area contributed by atoms with Crippen molar-refractivity contribution in [3.63, 3.8) is 0 Å². The number of hydrogen-bond acceptors (Lipinski definition) is 4. The number of aromatic amines is 1. The van der Waals surface area contributed by atoms with E-state index in [4.69, 9.17) is 0 Å². The highest BCUT2D eigenvalue weighted by atomic mass is 16.1. The second kappa shape index (κ2) is 5.83. The molecule has 1 saturated heterocycles. The highest BCUT2D eigenvalue weighted by Gasteiger charge is 2.20. The molecule has 1 aliphatic rings. The van der Waals surface area contributed by atoms with Crippen LogP contribution in [0.4, 0.5) is 5.69 Å². The maximum absolute atomic E-state index is 12.1. The predicted molar refractivity (Wildman–Crippen MR) is 76.0 cm³/mol. The third-order valence-corrected chi connectivity index (χ3v) is 3.55. The van der Waals surface area contributed by atoms with Gasteiger partial charge in [-0.05, 0) is 50.2 Å². The summed E-state index contributed by atoms with van der Waals surface area (Å²) in [5.74, 6) is 0.949. The molecule has 104 valence electrons.